The lowest BCUT2D eigenvalue weighted by Gasteiger charge is -2.10. The molecular formula is C15H14N2O8. The number of ether oxygens (including phenoxy) is 2. The molecule has 10 nitrogen and oxygen atoms in total. The molecule has 1 aliphatic rings. The Kier molecular flexibility index (Phi) is 5.22. The summed E-state index contributed by atoms with van der Waals surface area (Å²) < 4.78 is 10.2. The van der Waals surface area contributed by atoms with Gasteiger partial charge in [0.05, 0.1) is 7.11 Å². The lowest BCUT2D eigenvalue weighted by atomic mass is 10.1. The molecule has 1 aliphatic heterocycles. The predicted molar refractivity (Wildman–Crippen MR) is 82.0 cm³/mol. The van der Waals surface area contributed by atoms with Crippen molar-refractivity contribution < 1.29 is 38.9 Å². The normalized spacial score (nSPS) is 15.2. The summed E-state index contributed by atoms with van der Waals surface area (Å²) in [6.45, 7) is -1.29. The van der Waals surface area contributed by atoms with Crippen molar-refractivity contribution in [1.29, 1.82) is 0 Å². The Balaban J connectivity index is 2.23. The molecule has 0 unspecified atom stereocenters. The molecule has 25 heavy (non-hydrogen) atoms. The first kappa shape index (κ1) is 17.8. The van der Waals surface area contributed by atoms with E-state index in [4.69, 9.17) is 19.7 Å². The van der Waals surface area contributed by atoms with Crippen LogP contribution in [-0.2, 0) is 14.4 Å². The van der Waals surface area contributed by atoms with E-state index in [0.29, 0.717) is 10.5 Å². The molecule has 132 valence electrons. The number of urea groups is 1. The Bertz CT molecular complexity index is 771. The molecule has 1 aromatic rings. The lowest BCUT2D eigenvalue weighted by molar-refractivity contribution is -0.140. The fourth-order valence-corrected chi connectivity index (χ4v) is 2.05. The summed E-state index contributed by atoms with van der Waals surface area (Å²) >= 11 is 0. The highest BCUT2D eigenvalue weighted by molar-refractivity contribution is 6.15. The van der Waals surface area contributed by atoms with E-state index in [9.17, 15) is 19.2 Å². The van der Waals surface area contributed by atoms with Gasteiger partial charge in [0.2, 0.25) is 0 Å². The van der Waals surface area contributed by atoms with Gasteiger partial charge in [-0.3, -0.25) is 9.59 Å². The van der Waals surface area contributed by atoms with E-state index in [-0.39, 0.29) is 17.2 Å². The van der Waals surface area contributed by atoms with Gasteiger partial charge in [-0.2, -0.15) is 0 Å². The minimum atomic E-state index is -1.31. The monoisotopic (exact) mass is 350 g/mol. The summed E-state index contributed by atoms with van der Waals surface area (Å²) in [4.78, 5) is 45.5. The molecule has 1 aromatic carbocycles. The molecule has 0 atom stereocenters. The number of carboxylic acids is 2. The van der Waals surface area contributed by atoms with Gasteiger partial charge >= 0.3 is 18.0 Å². The Morgan fingerprint density at radius 2 is 1.92 bits per heavy atom. The number of imide groups is 1. The van der Waals surface area contributed by atoms with Crippen LogP contribution in [0.25, 0.3) is 6.08 Å². The number of carbonyl (C=O) groups is 4. The molecule has 3 amide bonds. The Morgan fingerprint density at radius 3 is 2.52 bits per heavy atom. The van der Waals surface area contributed by atoms with Crippen LogP contribution in [0, 0.1) is 0 Å². The van der Waals surface area contributed by atoms with Gasteiger partial charge in [-0.1, -0.05) is 6.07 Å². The molecule has 1 heterocycles. The highest BCUT2D eigenvalue weighted by Crippen LogP contribution is 2.29. The SMILES string of the molecule is COc1cc(/C=C2/NC(=O)N(CC(=O)O)C2=O)ccc1OCC(=O)O. The molecule has 0 aromatic heterocycles. The Labute approximate surface area is 141 Å². The summed E-state index contributed by atoms with van der Waals surface area (Å²) in [5, 5.41) is 19.6. The first-order chi connectivity index (χ1) is 11.8. The van der Waals surface area contributed by atoms with Crippen molar-refractivity contribution in [3.63, 3.8) is 0 Å². The van der Waals surface area contributed by atoms with Crippen LogP contribution in [0.2, 0.25) is 0 Å². The summed E-state index contributed by atoms with van der Waals surface area (Å²) in [5.74, 6) is -2.80. The van der Waals surface area contributed by atoms with Gasteiger partial charge in [-0.25, -0.2) is 14.5 Å². The third-order valence-electron chi connectivity index (χ3n) is 3.11. The second-order valence-electron chi connectivity index (χ2n) is 4.87. The van der Waals surface area contributed by atoms with Crippen LogP contribution < -0.4 is 14.8 Å². The zero-order chi connectivity index (χ0) is 18.6. The van der Waals surface area contributed by atoms with Crippen LogP contribution in [0.5, 0.6) is 11.5 Å². The molecule has 0 saturated carbocycles. The van der Waals surface area contributed by atoms with Crippen molar-refractivity contribution in [2.45, 2.75) is 0 Å². The standard InChI is InChI=1S/C15H14N2O8/c1-24-11-5-8(2-3-10(11)25-7-13(20)21)4-9-14(22)17(6-12(18)19)15(23)16-9/h2-5H,6-7H2,1H3,(H,16,23)(H,18,19)(H,20,21)/b9-4+. The van der Waals surface area contributed by atoms with E-state index in [1.165, 1.54) is 31.4 Å². The number of rotatable bonds is 7. The Hall–Kier alpha value is -3.56. The van der Waals surface area contributed by atoms with Crippen LogP contribution in [0.15, 0.2) is 23.9 Å². The average Bonchev–Trinajstić information content (AvgIpc) is 2.80. The maximum absolute atomic E-state index is 12.0. The summed E-state index contributed by atoms with van der Waals surface area (Å²) in [5.41, 5.74) is 0.368. The largest absolute Gasteiger partial charge is 0.493 e. The van der Waals surface area contributed by atoms with E-state index in [1.807, 2.05) is 0 Å². The fraction of sp³-hybridized carbons (Fsp3) is 0.200. The molecule has 1 saturated heterocycles. The van der Waals surface area contributed by atoms with Crippen LogP contribution in [0.4, 0.5) is 4.79 Å². The van der Waals surface area contributed by atoms with Gasteiger partial charge in [-0.15, -0.1) is 0 Å². The predicted octanol–water partition coefficient (Wildman–Crippen LogP) is 0.136. The summed E-state index contributed by atoms with van der Waals surface area (Å²) in [6, 6.07) is 3.62. The molecule has 2 rings (SSSR count). The highest BCUT2D eigenvalue weighted by Gasteiger charge is 2.34. The third kappa shape index (κ3) is 4.25. The minimum absolute atomic E-state index is 0.0903. The second kappa shape index (κ2) is 7.34. The number of nitrogens with one attached hydrogen (secondary N) is 1. The van der Waals surface area contributed by atoms with Gasteiger partial charge in [0, 0.05) is 0 Å². The molecule has 1 fully saturated rings. The van der Waals surface area contributed by atoms with E-state index in [1.54, 1.807) is 0 Å². The molecule has 10 heteroatoms. The van der Waals surface area contributed by atoms with Gasteiger partial charge in [0.25, 0.3) is 5.91 Å². The van der Waals surface area contributed by atoms with Crippen molar-refractivity contribution in [2.24, 2.45) is 0 Å². The number of amides is 3. The number of carbonyl (C=O) groups excluding carboxylic acids is 2. The van der Waals surface area contributed by atoms with Gasteiger partial charge in [0.1, 0.15) is 12.2 Å². The van der Waals surface area contributed by atoms with Crippen molar-refractivity contribution in [3.8, 4) is 11.5 Å². The smallest absolute Gasteiger partial charge is 0.341 e. The molecule has 0 radical (unpaired) electrons. The van der Waals surface area contributed by atoms with Gasteiger partial charge in [0.15, 0.2) is 18.1 Å². The fourth-order valence-electron chi connectivity index (χ4n) is 2.05. The van der Waals surface area contributed by atoms with Gasteiger partial charge in [-0.05, 0) is 23.8 Å². The second-order valence-corrected chi connectivity index (χ2v) is 4.87. The topological polar surface area (TPSA) is 142 Å². The van der Waals surface area contributed by atoms with E-state index in [0.717, 1.165) is 0 Å². The van der Waals surface area contributed by atoms with Crippen LogP contribution in [0.1, 0.15) is 5.56 Å². The van der Waals surface area contributed by atoms with E-state index in [2.05, 4.69) is 5.32 Å². The van der Waals surface area contributed by atoms with Crippen LogP contribution >= 0.6 is 0 Å². The highest BCUT2D eigenvalue weighted by atomic mass is 16.5. The van der Waals surface area contributed by atoms with Crippen LogP contribution in [-0.4, -0.2) is 59.3 Å². The maximum atomic E-state index is 12.0. The van der Waals surface area contributed by atoms with E-state index < -0.39 is 37.0 Å². The van der Waals surface area contributed by atoms with Crippen molar-refractivity contribution >= 4 is 30.0 Å². The number of hydrogen-bond acceptors (Lipinski definition) is 6. The number of nitrogens with zero attached hydrogens (tertiary/aromatic N) is 1. The summed E-state index contributed by atoms with van der Waals surface area (Å²) in [6.07, 6.45) is 1.34. The first-order valence-corrected chi connectivity index (χ1v) is 6.90. The van der Waals surface area contributed by atoms with Crippen molar-refractivity contribution in [2.75, 3.05) is 20.3 Å². The van der Waals surface area contributed by atoms with E-state index >= 15 is 0 Å². The minimum Gasteiger partial charge on any atom is -0.493 e. The molecule has 0 bridgehead atoms. The lowest BCUT2D eigenvalue weighted by Crippen LogP contribution is -2.35. The molecule has 0 aliphatic carbocycles. The van der Waals surface area contributed by atoms with Gasteiger partial charge < -0.3 is 25.0 Å². The number of benzene rings is 1. The number of carboxylic acid groups (broad SMARTS) is 2. The van der Waals surface area contributed by atoms with Crippen molar-refractivity contribution in [3.05, 3.63) is 29.5 Å². The third-order valence-corrected chi connectivity index (χ3v) is 3.11. The quantitative estimate of drug-likeness (QED) is 0.465. The zero-order valence-electron chi connectivity index (χ0n) is 13.0. The molecule has 3 N–H and O–H groups in total. The Morgan fingerprint density at radius 1 is 1.20 bits per heavy atom. The first-order valence-electron chi connectivity index (χ1n) is 6.90. The zero-order valence-corrected chi connectivity index (χ0v) is 13.0. The maximum Gasteiger partial charge on any atom is 0.341 e. The molecular weight excluding hydrogens is 336 g/mol. The number of aliphatic carboxylic acids is 2. The average molecular weight is 350 g/mol. The van der Waals surface area contributed by atoms with Crippen molar-refractivity contribution in [1.82, 2.24) is 10.2 Å². The number of hydrogen-bond donors (Lipinski definition) is 3. The molecule has 0 spiro atoms. The number of methoxy groups -OCH3 is 1. The van der Waals surface area contributed by atoms with Crippen LogP contribution in [0.3, 0.4) is 0 Å². The summed E-state index contributed by atoms with van der Waals surface area (Å²) in [7, 11) is 1.36.